The van der Waals surface area contributed by atoms with Gasteiger partial charge in [-0.05, 0) is 42.5 Å². The molecule has 10 nitrogen and oxygen atoms in total. The Bertz CT molecular complexity index is 1150. The van der Waals surface area contributed by atoms with Crippen LogP contribution >= 0.6 is 0 Å². The number of carbonyl (C=O) groups is 1. The molecule has 0 spiro atoms. The quantitative estimate of drug-likeness (QED) is 0.472. The fourth-order valence-corrected chi connectivity index (χ4v) is 2.51. The molecule has 3 aromatic carbocycles. The molecular weight excluding hydrogens is 392 g/mol. The van der Waals surface area contributed by atoms with Gasteiger partial charge in [-0.15, -0.1) is 0 Å². The number of carbonyl (C=O) groups excluding carboxylic acids is 1. The number of ether oxygens (including phenoxy) is 1. The van der Waals surface area contributed by atoms with Crippen LogP contribution in [0.5, 0.6) is 11.5 Å². The number of nitro benzene ring substituents is 2. The Morgan fingerprint density at radius 1 is 0.900 bits per heavy atom. The minimum atomic E-state index is -0.808. The van der Waals surface area contributed by atoms with Crippen molar-refractivity contribution in [2.24, 2.45) is 0 Å². The van der Waals surface area contributed by atoms with Crippen LogP contribution in [0.2, 0.25) is 0 Å². The van der Waals surface area contributed by atoms with Crippen molar-refractivity contribution in [3.63, 3.8) is 0 Å². The third kappa shape index (κ3) is 4.73. The number of nitrogens with zero attached hydrogens (tertiary/aromatic N) is 3. The van der Waals surface area contributed by atoms with Gasteiger partial charge in [-0.1, -0.05) is 6.07 Å². The molecule has 0 bridgehead atoms. The van der Waals surface area contributed by atoms with E-state index in [2.05, 4.69) is 5.32 Å². The van der Waals surface area contributed by atoms with Gasteiger partial charge in [0.2, 0.25) is 0 Å². The third-order valence-electron chi connectivity index (χ3n) is 3.90. The Kier molecular flexibility index (Phi) is 5.65. The second-order valence-electron chi connectivity index (χ2n) is 5.97. The van der Waals surface area contributed by atoms with Gasteiger partial charge < -0.3 is 10.1 Å². The largest absolute Gasteiger partial charge is 0.457 e. The van der Waals surface area contributed by atoms with E-state index in [-0.39, 0.29) is 5.56 Å². The molecule has 0 aliphatic carbocycles. The summed E-state index contributed by atoms with van der Waals surface area (Å²) < 4.78 is 5.64. The first-order valence-electron chi connectivity index (χ1n) is 8.39. The van der Waals surface area contributed by atoms with Crippen LogP contribution in [0, 0.1) is 31.6 Å². The molecule has 148 valence electrons. The fourth-order valence-electron chi connectivity index (χ4n) is 2.51. The van der Waals surface area contributed by atoms with Crippen LogP contribution in [0.15, 0.2) is 66.7 Å². The summed E-state index contributed by atoms with van der Waals surface area (Å²) >= 11 is 0. The molecule has 3 aromatic rings. The summed E-state index contributed by atoms with van der Waals surface area (Å²) in [5, 5.41) is 33.3. The van der Waals surface area contributed by atoms with Gasteiger partial charge in [0.15, 0.2) is 0 Å². The minimum absolute atomic E-state index is 0.218. The summed E-state index contributed by atoms with van der Waals surface area (Å²) in [6.07, 6.45) is 0. The van der Waals surface area contributed by atoms with Crippen molar-refractivity contribution in [2.75, 3.05) is 5.32 Å². The van der Waals surface area contributed by atoms with E-state index in [0.717, 1.165) is 18.2 Å². The zero-order chi connectivity index (χ0) is 21.7. The van der Waals surface area contributed by atoms with E-state index in [0.29, 0.717) is 22.7 Å². The van der Waals surface area contributed by atoms with Crippen LogP contribution in [0.1, 0.15) is 15.9 Å². The monoisotopic (exact) mass is 404 g/mol. The van der Waals surface area contributed by atoms with Crippen LogP contribution in [0.25, 0.3) is 0 Å². The van der Waals surface area contributed by atoms with Gasteiger partial charge in [-0.25, -0.2) is 0 Å². The van der Waals surface area contributed by atoms with E-state index in [1.807, 2.05) is 6.07 Å². The zero-order valence-electron chi connectivity index (χ0n) is 15.1. The second kappa shape index (κ2) is 8.49. The number of hydrogen-bond donors (Lipinski definition) is 1. The van der Waals surface area contributed by atoms with E-state index in [9.17, 15) is 25.0 Å². The lowest BCUT2D eigenvalue weighted by Gasteiger charge is -2.08. The molecule has 0 aliphatic rings. The number of non-ortho nitro benzene ring substituents is 2. The third-order valence-corrected chi connectivity index (χ3v) is 3.90. The van der Waals surface area contributed by atoms with Gasteiger partial charge in [0.1, 0.15) is 11.5 Å². The zero-order valence-corrected chi connectivity index (χ0v) is 15.1. The number of benzene rings is 3. The summed E-state index contributed by atoms with van der Waals surface area (Å²) in [4.78, 5) is 32.7. The molecule has 1 N–H and O–H groups in total. The van der Waals surface area contributed by atoms with Crippen molar-refractivity contribution in [3.05, 3.63) is 98.1 Å². The molecule has 0 saturated carbocycles. The SMILES string of the molecule is N#Cc1cccc(Oc2ccc(NC(=O)c3cc([N+](=O)[O-])cc([N+](=O)[O-])c3)cc2)c1. The Labute approximate surface area is 169 Å². The average Bonchev–Trinajstić information content (AvgIpc) is 2.74. The fraction of sp³-hybridized carbons (Fsp3) is 0. The first-order chi connectivity index (χ1) is 14.4. The van der Waals surface area contributed by atoms with Crippen LogP contribution < -0.4 is 10.1 Å². The van der Waals surface area contributed by atoms with Crippen molar-refractivity contribution >= 4 is 23.0 Å². The van der Waals surface area contributed by atoms with Gasteiger partial charge >= 0.3 is 0 Å². The van der Waals surface area contributed by atoms with Crippen molar-refractivity contribution in [1.82, 2.24) is 0 Å². The smallest absolute Gasteiger partial charge is 0.277 e. The predicted molar refractivity (Wildman–Crippen MR) is 105 cm³/mol. The first kappa shape index (κ1) is 20.0. The maximum atomic E-state index is 12.4. The molecule has 0 radical (unpaired) electrons. The Hall–Kier alpha value is -4.78. The Balaban J connectivity index is 1.75. The van der Waals surface area contributed by atoms with Crippen LogP contribution in [0.4, 0.5) is 17.1 Å². The molecule has 0 aliphatic heterocycles. The van der Waals surface area contributed by atoms with Gasteiger partial charge in [-0.3, -0.25) is 25.0 Å². The van der Waals surface area contributed by atoms with E-state index in [1.165, 1.54) is 12.1 Å². The Morgan fingerprint density at radius 3 is 2.10 bits per heavy atom. The standard InChI is InChI=1S/C20H12N4O6/c21-12-13-2-1-3-19(8-13)30-18-6-4-15(5-7-18)22-20(25)14-9-16(23(26)27)11-17(10-14)24(28)29/h1-11H,(H,22,25). The number of amides is 1. The Morgan fingerprint density at radius 2 is 1.53 bits per heavy atom. The van der Waals surface area contributed by atoms with Crippen LogP contribution in [-0.4, -0.2) is 15.8 Å². The molecule has 10 heteroatoms. The van der Waals surface area contributed by atoms with E-state index in [4.69, 9.17) is 10.00 Å². The lowest BCUT2D eigenvalue weighted by atomic mass is 10.1. The molecule has 0 heterocycles. The maximum absolute atomic E-state index is 12.4. The second-order valence-corrected chi connectivity index (χ2v) is 5.97. The predicted octanol–water partition coefficient (Wildman–Crippen LogP) is 4.42. The highest BCUT2D eigenvalue weighted by molar-refractivity contribution is 6.05. The molecule has 0 saturated heterocycles. The minimum Gasteiger partial charge on any atom is -0.457 e. The number of rotatable bonds is 6. The normalized spacial score (nSPS) is 9.97. The summed E-state index contributed by atoms with van der Waals surface area (Å²) in [6, 6.07) is 17.5. The highest BCUT2D eigenvalue weighted by Gasteiger charge is 2.20. The first-order valence-corrected chi connectivity index (χ1v) is 8.39. The van der Waals surface area contributed by atoms with Gasteiger partial charge in [0.25, 0.3) is 17.3 Å². The number of nitrogens with one attached hydrogen (secondary N) is 1. The molecule has 30 heavy (non-hydrogen) atoms. The van der Waals surface area contributed by atoms with Crippen LogP contribution in [0.3, 0.4) is 0 Å². The molecule has 0 fully saturated rings. The number of anilines is 1. The number of nitriles is 1. The molecule has 0 aromatic heterocycles. The number of hydrogen-bond acceptors (Lipinski definition) is 7. The molecule has 0 atom stereocenters. The molecular formula is C20H12N4O6. The van der Waals surface area contributed by atoms with Crippen molar-refractivity contribution in [2.45, 2.75) is 0 Å². The maximum Gasteiger partial charge on any atom is 0.277 e. The summed E-state index contributed by atoms with van der Waals surface area (Å²) in [5.74, 6) is 0.181. The van der Waals surface area contributed by atoms with Crippen molar-refractivity contribution in [3.8, 4) is 17.6 Å². The lowest BCUT2D eigenvalue weighted by Crippen LogP contribution is -2.12. The van der Waals surface area contributed by atoms with E-state index in [1.54, 1.807) is 36.4 Å². The van der Waals surface area contributed by atoms with Gasteiger partial charge in [0, 0.05) is 17.8 Å². The van der Waals surface area contributed by atoms with E-state index >= 15 is 0 Å². The summed E-state index contributed by atoms with van der Waals surface area (Å²) in [5.41, 5.74) is -0.533. The van der Waals surface area contributed by atoms with Crippen molar-refractivity contribution < 1.29 is 19.4 Å². The van der Waals surface area contributed by atoms with Gasteiger partial charge in [0.05, 0.1) is 33.1 Å². The van der Waals surface area contributed by atoms with E-state index < -0.39 is 27.1 Å². The van der Waals surface area contributed by atoms with Gasteiger partial charge in [-0.2, -0.15) is 5.26 Å². The van der Waals surface area contributed by atoms with Crippen LogP contribution in [-0.2, 0) is 0 Å². The average molecular weight is 404 g/mol. The lowest BCUT2D eigenvalue weighted by molar-refractivity contribution is -0.394. The van der Waals surface area contributed by atoms with Crippen molar-refractivity contribution in [1.29, 1.82) is 5.26 Å². The molecule has 0 unspecified atom stereocenters. The highest BCUT2D eigenvalue weighted by Crippen LogP contribution is 2.26. The molecule has 1 amide bonds. The molecule has 3 rings (SSSR count). The summed E-state index contributed by atoms with van der Waals surface area (Å²) in [7, 11) is 0. The number of nitro groups is 2. The highest BCUT2D eigenvalue weighted by atomic mass is 16.6. The summed E-state index contributed by atoms with van der Waals surface area (Å²) in [6.45, 7) is 0. The topological polar surface area (TPSA) is 148 Å².